The van der Waals surface area contributed by atoms with E-state index in [1.54, 1.807) is 5.20 Å². The van der Waals surface area contributed by atoms with E-state index in [1.807, 2.05) is 0 Å². The lowest BCUT2D eigenvalue weighted by Gasteiger charge is -2.23. The van der Waals surface area contributed by atoms with Gasteiger partial charge in [0.25, 0.3) is 0 Å². The predicted octanol–water partition coefficient (Wildman–Crippen LogP) is 4.14. The first-order chi connectivity index (χ1) is 11.1. The second-order valence-electron chi connectivity index (χ2n) is 7.40. The standard InChI is InChI=1S/C22H26Si/c1-22(2,3)18-14-16-21(17-15-18)23(19-10-6-4-7-11-19)20-12-8-5-9-13-20/h4,6-8,10-17,23H,5,9H2,1-3H3. The van der Waals surface area contributed by atoms with Crippen LogP contribution < -0.4 is 10.4 Å². The lowest BCUT2D eigenvalue weighted by molar-refractivity contribution is 0.590. The fourth-order valence-corrected chi connectivity index (χ4v) is 6.32. The van der Waals surface area contributed by atoms with E-state index < -0.39 is 8.80 Å². The number of rotatable bonds is 3. The predicted molar refractivity (Wildman–Crippen MR) is 104 cm³/mol. The van der Waals surface area contributed by atoms with Crippen molar-refractivity contribution in [2.75, 3.05) is 0 Å². The molecule has 118 valence electrons. The molecule has 1 aliphatic rings. The van der Waals surface area contributed by atoms with Gasteiger partial charge in [-0.1, -0.05) is 109 Å². The zero-order chi connectivity index (χ0) is 16.3. The van der Waals surface area contributed by atoms with Gasteiger partial charge in [0, 0.05) is 0 Å². The summed E-state index contributed by atoms with van der Waals surface area (Å²) in [5.74, 6) is 0. The van der Waals surface area contributed by atoms with Crippen LogP contribution in [0.5, 0.6) is 0 Å². The van der Waals surface area contributed by atoms with Gasteiger partial charge < -0.3 is 0 Å². The Hall–Kier alpha value is -1.86. The lowest BCUT2D eigenvalue weighted by atomic mass is 9.87. The van der Waals surface area contributed by atoms with Gasteiger partial charge in [0.2, 0.25) is 0 Å². The summed E-state index contributed by atoms with van der Waals surface area (Å²) in [5, 5.41) is 4.58. The summed E-state index contributed by atoms with van der Waals surface area (Å²) in [4.78, 5) is 0. The molecule has 1 unspecified atom stereocenters. The molecule has 1 aliphatic carbocycles. The van der Waals surface area contributed by atoms with E-state index in [1.165, 1.54) is 28.8 Å². The van der Waals surface area contributed by atoms with E-state index in [0.717, 1.165) is 0 Å². The molecule has 0 nitrogen and oxygen atoms in total. The van der Waals surface area contributed by atoms with Crippen molar-refractivity contribution in [2.24, 2.45) is 0 Å². The molecule has 2 aromatic carbocycles. The van der Waals surface area contributed by atoms with Crippen LogP contribution in [0, 0.1) is 0 Å². The van der Waals surface area contributed by atoms with Crippen LogP contribution in [0.2, 0.25) is 0 Å². The molecule has 1 heteroatoms. The molecule has 0 N–H and O–H groups in total. The van der Waals surface area contributed by atoms with Crippen LogP contribution in [0.4, 0.5) is 0 Å². The molecule has 0 saturated carbocycles. The molecule has 0 heterocycles. The van der Waals surface area contributed by atoms with E-state index in [2.05, 4.69) is 93.6 Å². The van der Waals surface area contributed by atoms with Crippen molar-refractivity contribution < 1.29 is 0 Å². The topological polar surface area (TPSA) is 0 Å². The van der Waals surface area contributed by atoms with Crippen LogP contribution in [-0.2, 0) is 5.41 Å². The maximum absolute atomic E-state index is 2.46. The SMILES string of the molecule is CC(C)(C)c1ccc([SiH](C2=CCCC=C2)c2ccccc2)cc1. The van der Waals surface area contributed by atoms with Gasteiger partial charge in [-0.15, -0.1) is 0 Å². The van der Waals surface area contributed by atoms with Crippen molar-refractivity contribution in [1.29, 1.82) is 0 Å². The summed E-state index contributed by atoms with van der Waals surface area (Å²) in [6.07, 6.45) is 9.53. The van der Waals surface area contributed by atoms with Crippen LogP contribution in [0.1, 0.15) is 39.2 Å². The second-order valence-corrected chi connectivity index (χ2v) is 10.3. The smallest absolute Gasteiger partial charge is 0.0845 e. The van der Waals surface area contributed by atoms with Crippen LogP contribution in [0.25, 0.3) is 0 Å². The highest BCUT2D eigenvalue weighted by atomic mass is 28.3. The Morgan fingerprint density at radius 1 is 0.783 bits per heavy atom. The third-order valence-electron chi connectivity index (χ3n) is 4.60. The molecule has 3 rings (SSSR count). The summed E-state index contributed by atoms with van der Waals surface area (Å²) >= 11 is 0. The van der Waals surface area contributed by atoms with Crippen molar-refractivity contribution in [1.82, 2.24) is 0 Å². The summed E-state index contributed by atoms with van der Waals surface area (Å²) in [6.45, 7) is 6.83. The van der Waals surface area contributed by atoms with Crippen molar-refractivity contribution in [3.63, 3.8) is 0 Å². The first kappa shape index (κ1) is 16.0. The van der Waals surface area contributed by atoms with E-state index in [0.29, 0.717) is 0 Å². The Kier molecular flexibility index (Phi) is 4.68. The molecule has 0 fully saturated rings. The Morgan fingerprint density at radius 2 is 1.43 bits per heavy atom. The van der Waals surface area contributed by atoms with Gasteiger partial charge in [-0.2, -0.15) is 0 Å². The molecule has 0 saturated heterocycles. The quantitative estimate of drug-likeness (QED) is 0.746. The largest absolute Gasteiger partial charge is 0.132 e. The van der Waals surface area contributed by atoms with Crippen LogP contribution in [-0.4, -0.2) is 8.80 Å². The molecule has 2 aromatic rings. The number of hydrogen-bond donors (Lipinski definition) is 0. The molecular formula is C22H26Si. The Bertz CT molecular complexity index is 700. The Morgan fingerprint density at radius 3 is 2.00 bits per heavy atom. The first-order valence-electron chi connectivity index (χ1n) is 8.58. The third kappa shape index (κ3) is 3.73. The average Bonchev–Trinajstić information content (AvgIpc) is 2.57. The average molecular weight is 319 g/mol. The monoisotopic (exact) mass is 318 g/mol. The van der Waals surface area contributed by atoms with Crippen molar-refractivity contribution >= 4 is 19.2 Å². The highest BCUT2D eigenvalue weighted by Crippen LogP contribution is 2.21. The van der Waals surface area contributed by atoms with Crippen LogP contribution >= 0.6 is 0 Å². The first-order valence-corrected chi connectivity index (χ1v) is 10.3. The van der Waals surface area contributed by atoms with Crippen LogP contribution in [0.3, 0.4) is 0 Å². The highest BCUT2D eigenvalue weighted by Gasteiger charge is 2.21. The molecule has 0 spiro atoms. The van der Waals surface area contributed by atoms with E-state index in [4.69, 9.17) is 0 Å². The minimum atomic E-state index is -1.33. The van der Waals surface area contributed by atoms with Crippen LogP contribution in [0.15, 0.2) is 78.0 Å². The van der Waals surface area contributed by atoms with Crippen molar-refractivity contribution in [2.45, 2.75) is 39.0 Å². The molecule has 0 amide bonds. The van der Waals surface area contributed by atoms with Gasteiger partial charge in [0.05, 0.1) is 0 Å². The van der Waals surface area contributed by atoms with Gasteiger partial charge >= 0.3 is 0 Å². The third-order valence-corrected chi connectivity index (χ3v) is 7.80. The molecular weight excluding hydrogens is 292 g/mol. The minimum absolute atomic E-state index is 0.215. The second kappa shape index (κ2) is 6.72. The Labute approximate surface area is 142 Å². The molecule has 23 heavy (non-hydrogen) atoms. The number of allylic oxidation sites excluding steroid dienone is 4. The van der Waals surface area contributed by atoms with E-state index in [9.17, 15) is 0 Å². The zero-order valence-electron chi connectivity index (χ0n) is 14.4. The fraction of sp³-hybridized carbons (Fsp3) is 0.273. The minimum Gasteiger partial charge on any atom is -0.0845 e. The fourth-order valence-electron chi connectivity index (χ4n) is 3.25. The summed E-state index contributed by atoms with van der Waals surface area (Å²) < 4.78 is 0. The maximum atomic E-state index is 2.46. The Balaban J connectivity index is 2.02. The molecule has 0 aromatic heterocycles. The highest BCUT2D eigenvalue weighted by molar-refractivity contribution is 6.91. The maximum Gasteiger partial charge on any atom is 0.132 e. The van der Waals surface area contributed by atoms with Gasteiger partial charge in [-0.3, -0.25) is 0 Å². The summed E-state index contributed by atoms with van der Waals surface area (Å²) in [7, 11) is -1.33. The lowest BCUT2D eigenvalue weighted by Crippen LogP contribution is -2.44. The molecule has 1 atom stereocenters. The number of hydrogen-bond acceptors (Lipinski definition) is 0. The zero-order valence-corrected chi connectivity index (χ0v) is 15.6. The molecule has 0 aliphatic heterocycles. The van der Waals surface area contributed by atoms with Gasteiger partial charge in [-0.05, 0) is 23.8 Å². The van der Waals surface area contributed by atoms with Crippen molar-refractivity contribution in [3.8, 4) is 0 Å². The van der Waals surface area contributed by atoms with Gasteiger partial charge in [-0.25, -0.2) is 0 Å². The summed E-state index contributed by atoms with van der Waals surface area (Å²) in [5.41, 5.74) is 1.63. The molecule has 0 bridgehead atoms. The normalized spacial score (nSPS) is 16.0. The number of benzene rings is 2. The van der Waals surface area contributed by atoms with Gasteiger partial charge in [0.1, 0.15) is 8.80 Å². The van der Waals surface area contributed by atoms with E-state index in [-0.39, 0.29) is 5.41 Å². The summed E-state index contributed by atoms with van der Waals surface area (Å²) in [6, 6.07) is 20.5. The van der Waals surface area contributed by atoms with Gasteiger partial charge in [0.15, 0.2) is 0 Å². The molecule has 0 radical (unpaired) electrons. The van der Waals surface area contributed by atoms with Crippen molar-refractivity contribution in [3.05, 3.63) is 83.6 Å². The van der Waals surface area contributed by atoms with E-state index >= 15 is 0 Å².